The Morgan fingerprint density at radius 1 is 1.13 bits per heavy atom. The molecule has 2 saturated heterocycles. The van der Waals surface area contributed by atoms with E-state index in [4.69, 9.17) is 4.74 Å². The number of hydrogen-bond donors (Lipinski definition) is 1. The summed E-state index contributed by atoms with van der Waals surface area (Å²) in [6.45, 7) is 8.37. The van der Waals surface area contributed by atoms with E-state index in [1.54, 1.807) is 7.11 Å². The molecule has 0 bridgehead atoms. The average Bonchev–Trinajstić information content (AvgIpc) is 3.33. The molecule has 2 aliphatic rings. The fourth-order valence-corrected chi connectivity index (χ4v) is 4.33. The molecule has 7 nitrogen and oxygen atoms in total. The lowest BCUT2D eigenvalue weighted by Gasteiger charge is -2.39. The molecular weight excluding hydrogens is 378 g/mol. The van der Waals surface area contributed by atoms with Crippen LogP contribution in [0.5, 0.6) is 5.75 Å². The summed E-state index contributed by atoms with van der Waals surface area (Å²) in [6, 6.07) is 8.22. The Hall–Kier alpha value is -2.28. The normalized spacial score (nSPS) is 19.1. The highest BCUT2D eigenvalue weighted by atomic mass is 16.5. The lowest BCUT2D eigenvalue weighted by atomic mass is 10.1. The van der Waals surface area contributed by atoms with Gasteiger partial charge in [0.25, 0.3) is 0 Å². The first kappa shape index (κ1) is 22.4. The van der Waals surface area contributed by atoms with Crippen molar-refractivity contribution >= 4 is 11.9 Å². The predicted octanol–water partition coefficient (Wildman–Crippen LogP) is 1.83. The number of methoxy groups -OCH3 is 1. The standard InChI is InChI=1S/C23H37N5O2/c1-19(22(29)27-12-4-5-13-27)26-14-16-28(17-15-26)23(24-2)25-11-7-9-20-8-6-10-21(18-20)30-3/h6,8,10,18-19H,4-5,7,9,11-17H2,1-3H3,(H,24,25). The van der Waals surface area contributed by atoms with E-state index >= 15 is 0 Å². The lowest BCUT2D eigenvalue weighted by Crippen LogP contribution is -2.57. The van der Waals surface area contributed by atoms with E-state index in [2.05, 4.69) is 39.2 Å². The molecule has 3 rings (SSSR count). The largest absolute Gasteiger partial charge is 0.497 e. The van der Waals surface area contributed by atoms with Gasteiger partial charge < -0.3 is 19.9 Å². The maximum atomic E-state index is 12.7. The number of hydrogen-bond acceptors (Lipinski definition) is 4. The number of carbonyl (C=O) groups excluding carboxylic acids is 1. The van der Waals surface area contributed by atoms with Crippen LogP contribution in [-0.2, 0) is 11.2 Å². The van der Waals surface area contributed by atoms with Gasteiger partial charge in [-0.05, 0) is 50.3 Å². The van der Waals surface area contributed by atoms with E-state index < -0.39 is 0 Å². The number of aliphatic imine (C=N–C) groups is 1. The van der Waals surface area contributed by atoms with Gasteiger partial charge in [0.05, 0.1) is 13.2 Å². The molecule has 1 unspecified atom stereocenters. The number of nitrogens with zero attached hydrogens (tertiary/aromatic N) is 4. The summed E-state index contributed by atoms with van der Waals surface area (Å²) in [6.07, 6.45) is 4.33. The third-order valence-electron chi connectivity index (χ3n) is 6.21. The maximum absolute atomic E-state index is 12.7. The van der Waals surface area contributed by atoms with Gasteiger partial charge in [-0.1, -0.05) is 12.1 Å². The molecule has 1 N–H and O–H groups in total. The molecule has 0 saturated carbocycles. The number of guanidine groups is 1. The molecule has 0 radical (unpaired) electrons. The second-order valence-corrected chi connectivity index (χ2v) is 8.16. The number of carbonyl (C=O) groups is 1. The van der Waals surface area contributed by atoms with Crippen molar-refractivity contribution in [1.29, 1.82) is 0 Å². The first-order chi connectivity index (χ1) is 14.6. The van der Waals surface area contributed by atoms with E-state index in [0.717, 1.165) is 83.2 Å². The second-order valence-electron chi connectivity index (χ2n) is 8.16. The Morgan fingerprint density at radius 3 is 2.53 bits per heavy atom. The zero-order valence-corrected chi connectivity index (χ0v) is 18.8. The molecule has 7 heteroatoms. The van der Waals surface area contributed by atoms with Gasteiger partial charge in [0.15, 0.2) is 5.96 Å². The smallest absolute Gasteiger partial charge is 0.239 e. The summed E-state index contributed by atoms with van der Waals surface area (Å²) in [7, 11) is 3.55. The molecule has 0 spiro atoms. The number of amides is 1. The number of rotatable bonds is 7. The van der Waals surface area contributed by atoms with Crippen molar-refractivity contribution < 1.29 is 9.53 Å². The summed E-state index contributed by atoms with van der Waals surface area (Å²) < 4.78 is 5.30. The summed E-state index contributed by atoms with van der Waals surface area (Å²) in [4.78, 5) is 23.8. The molecule has 30 heavy (non-hydrogen) atoms. The van der Waals surface area contributed by atoms with Gasteiger partial charge in [0.2, 0.25) is 5.91 Å². The van der Waals surface area contributed by atoms with Crippen LogP contribution in [0.15, 0.2) is 29.3 Å². The molecule has 2 aliphatic heterocycles. The minimum atomic E-state index is -0.0249. The molecule has 2 fully saturated rings. The van der Waals surface area contributed by atoms with Crippen molar-refractivity contribution in [3.05, 3.63) is 29.8 Å². The fraction of sp³-hybridized carbons (Fsp3) is 0.652. The first-order valence-electron chi connectivity index (χ1n) is 11.2. The summed E-state index contributed by atoms with van der Waals surface area (Å²) in [5.41, 5.74) is 1.29. The maximum Gasteiger partial charge on any atom is 0.239 e. The van der Waals surface area contributed by atoms with E-state index in [0.29, 0.717) is 5.91 Å². The van der Waals surface area contributed by atoms with E-state index in [-0.39, 0.29) is 6.04 Å². The van der Waals surface area contributed by atoms with Gasteiger partial charge in [0.1, 0.15) is 5.75 Å². The highest BCUT2D eigenvalue weighted by molar-refractivity contribution is 5.82. The Labute approximate surface area is 181 Å². The number of nitrogens with one attached hydrogen (secondary N) is 1. The molecule has 0 aromatic heterocycles. The van der Waals surface area contributed by atoms with Crippen LogP contribution in [0.2, 0.25) is 0 Å². The predicted molar refractivity (Wildman–Crippen MR) is 121 cm³/mol. The molecule has 1 aromatic rings. The van der Waals surface area contributed by atoms with Gasteiger partial charge in [-0.2, -0.15) is 0 Å². The Bertz CT molecular complexity index is 709. The number of piperazine rings is 1. The second kappa shape index (κ2) is 11.2. The fourth-order valence-electron chi connectivity index (χ4n) is 4.33. The van der Waals surface area contributed by atoms with Crippen LogP contribution in [0.3, 0.4) is 0 Å². The first-order valence-corrected chi connectivity index (χ1v) is 11.2. The van der Waals surface area contributed by atoms with Crippen molar-refractivity contribution in [2.24, 2.45) is 4.99 Å². The van der Waals surface area contributed by atoms with Crippen LogP contribution in [-0.4, -0.2) is 92.6 Å². The molecule has 1 atom stereocenters. The zero-order valence-electron chi connectivity index (χ0n) is 18.8. The number of likely N-dealkylation sites (tertiary alicyclic amines) is 1. The van der Waals surface area contributed by atoms with Crippen LogP contribution in [0, 0.1) is 0 Å². The quantitative estimate of drug-likeness (QED) is 0.418. The van der Waals surface area contributed by atoms with E-state index in [1.807, 2.05) is 24.1 Å². The van der Waals surface area contributed by atoms with E-state index in [9.17, 15) is 4.79 Å². The Morgan fingerprint density at radius 2 is 1.87 bits per heavy atom. The van der Waals surface area contributed by atoms with E-state index in [1.165, 1.54) is 5.56 Å². The molecular formula is C23H37N5O2. The summed E-state index contributed by atoms with van der Waals surface area (Å²) in [5.74, 6) is 2.16. The van der Waals surface area contributed by atoms with Gasteiger partial charge >= 0.3 is 0 Å². The van der Waals surface area contributed by atoms with Gasteiger partial charge in [0, 0.05) is 52.9 Å². The highest BCUT2D eigenvalue weighted by Gasteiger charge is 2.30. The van der Waals surface area contributed by atoms with Crippen molar-refractivity contribution in [2.45, 2.75) is 38.6 Å². The minimum absolute atomic E-state index is 0.0249. The molecule has 166 valence electrons. The van der Waals surface area contributed by atoms with Crippen LogP contribution < -0.4 is 10.1 Å². The molecule has 1 aromatic carbocycles. The topological polar surface area (TPSA) is 60.4 Å². The third kappa shape index (κ3) is 5.88. The Kier molecular flexibility index (Phi) is 8.37. The number of aryl methyl sites for hydroxylation is 1. The molecule has 2 heterocycles. The number of benzene rings is 1. The van der Waals surface area contributed by atoms with Gasteiger partial charge in [-0.25, -0.2) is 0 Å². The monoisotopic (exact) mass is 415 g/mol. The molecule has 1 amide bonds. The third-order valence-corrected chi connectivity index (χ3v) is 6.21. The van der Waals surface area contributed by atoms with Crippen LogP contribution >= 0.6 is 0 Å². The SMILES string of the molecule is CN=C(NCCCc1cccc(OC)c1)N1CCN(C(C)C(=O)N2CCCC2)CC1. The van der Waals surface area contributed by atoms with Crippen LogP contribution in [0.4, 0.5) is 0 Å². The van der Waals surface area contributed by atoms with Crippen LogP contribution in [0.1, 0.15) is 31.7 Å². The number of ether oxygens (including phenoxy) is 1. The highest BCUT2D eigenvalue weighted by Crippen LogP contribution is 2.15. The van der Waals surface area contributed by atoms with Gasteiger partial charge in [-0.3, -0.25) is 14.7 Å². The van der Waals surface area contributed by atoms with Crippen molar-refractivity contribution in [2.75, 3.05) is 60.0 Å². The van der Waals surface area contributed by atoms with Gasteiger partial charge in [-0.15, -0.1) is 0 Å². The van der Waals surface area contributed by atoms with Crippen molar-refractivity contribution in [3.63, 3.8) is 0 Å². The summed E-state index contributed by atoms with van der Waals surface area (Å²) in [5, 5.41) is 3.50. The van der Waals surface area contributed by atoms with Crippen molar-refractivity contribution in [1.82, 2.24) is 20.0 Å². The lowest BCUT2D eigenvalue weighted by molar-refractivity contribution is -0.135. The zero-order chi connectivity index (χ0) is 21.3. The van der Waals surface area contributed by atoms with Crippen molar-refractivity contribution in [3.8, 4) is 5.75 Å². The summed E-state index contributed by atoms with van der Waals surface area (Å²) >= 11 is 0. The minimum Gasteiger partial charge on any atom is -0.497 e. The Balaban J connectivity index is 1.39. The van der Waals surface area contributed by atoms with Crippen LogP contribution in [0.25, 0.3) is 0 Å². The average molecular weight is 416 g/mol. The molecule has 0 aliphatic carbocycles.